The molecule has 3 rings (SSSR count). The van der Waals surface area contributed by atoms with Gasteiger partial charge in [0.1, 0.15) is 5.82 Å². The molecule has 0 saturated carbocycles. The molecule has 1 fully saturated rings. The molecule has 8 nitrogen and oxygen atoms in total. The maximum absolute atomic E-state index is 12.9. The summed E-state index contributed by atoms with van der Waals surface area (Å²) in [7, 11) is 5.94. The standard InChI is InChI=1S/C23H34N6O2/c1-17(30)29-14-10-18(11-15-29)23(31)28(4)16-21-25-20-9-6-5-8-19(20)22(26-21)24-12-7-13-27(2)3/h5-6,8-9,18H,7,10-16H2,1-4H3,(H,24,25,26). The van der Waals surface area contributed by atoms with Crippen LogP contribution in [0.5, 0.6) is 0 Å². The molecule has 2 aromatic rings. The predicted molar refractivity (Wildman–Crippen MR) is 123 cm³/mol. The average Bonchev–Trinajstić information content (AvgIpc) is 2.76. The van der Waals surface area contributed by atoms with Gasteiger partial charge in [-0.15, -0.1) is 0 Å². The Balaban J connectivity index is 1.67. The van der Waals surface area contributed by atoms with Crippen molar-refractivity contribution in [2.45, 2.75) is 32.7 Å². The van der Waals surface area contributed by atoms with Crippen LogP contribution in [0.2, 0.25) is 0 Å². The molecule has 2 heterocycles. The average molecular weight is 427 g/mol. The SMILES string of the molecule is CC(=O)N1CCC(C(=O)N(C)Cc2nc(NCCCN(C)C)c3ccccc3n2)CC1. The molecule has 1 N–H and O–H groups in total. The summed E-state index contributed by atoms with van der Waals surface area (Å²) >= 11 is 0. The summed E-state index contributed by atoms with van der Waals surface area (Å²) in [6.07, 6.45) is 2.43. The zero-order chi connectivity index (χ0) is 22.4. The highest BCUT2D eigenvalue weighted by Crippen LogP contribution is 2.22. The summed E-state index contributed by atoms with van der Waals surface area (Å²) in [5, 5.41) is 4.43. The van der Waals surface area contributed by atoms with Crippen molar-refractivity contribution in [3.8, 4) is 0 Å². The van der Waals surface area contributed by atoms with E-state index in [0.717, 1.165) is 36.2 Å². The highest BCUT2D eigenvalue weighted by Gasteiger charge is 2.28. The number of nitrogens with one attached hydrogen (secondary N) is 1. The lowest BCUT2D eigenvalue weighted by atomic mass is 9.95. The summed E-state index contributed by atoms with van der Waals surface area (Å²) < 4.78 is 0. The third-order valence-corrected chi connectivity index (χ3v) is 5.77. The lowest BCUT2D eigenvalue weighted by Crippen LogP contribution is -2.42. The normalized spacial score (nSPS) is 14.8. The fourth-order valence-electron chi connectivity index (χ4n) is 3.98. The van der Waals surface area contributed by atoms with E-state index in [2.05, 4.69) is 29.3 Å². The Morgan fingerprint density at radius 2 is 1.84 bits per heavy atom. The number of carbonyl (C=O) groups is 2. The highest BCUT2D eigenvalue weighted by atomic mass is 16.2. The number of anilines is 1. The Hall–Kier alpha value is -2.74. The minimum Gasteiger partial charge on any atom is -0.369 e. The van der Waals surface area contributed by atoms with Crippen molar-refractivity contribution in [1.82, 2.24) is 24.7 Å². The van der Waals surface area contributed by atoms with E-state index in [-0.39, 0.29) is 17.7 Å². The second-order valence-electron chi connectivity index (χ2n) is 8.56. The minimum absolute atomic E-state index is 0.0512. The second kappa shape index (κ2) is 10.5. The number of piperidine rings is 1. The number of rotatable bonds is 8. The summed E-state index contributed by atoms with van der Waals surface area (Å²) in [5.41, 5.74) is 0.873. The molecule has 0 atom stereocenters. The second-order valence-corrected chi connectivity index (χ2v) is 8.56. The van der Waals surface area contributed by atoms with E-state index in [1.54, 1.807) is 11.8 Å². The lowest BCUT2D eigenvalue weighted by Gasteiger charge is -2.32. The van der Waals surface area contributed by atoms with Gasteiger partial charge < -0.3 is 20.0 Å². The molecule has 1 aromatic carbocycles. The van der Waals surface area contributed by atoms with Crippen molar-refractivity contribution in [2.75, 3.05) is 52.6 Å². The van der Waals surface area contributed by atoms with E-state index in [1.807, 2.05) is 36.2 Å². The van der Waals surface area contributed by atoms with Gasteiger partial charge in [-0.2, -0.15) is 0 Å². The lowest BCUT2D eigenvalue weighted by molar-refractivity contribution is -0.139. The van der Waals surface area contributed by atoms with Crippen LogP contribution in [0, 0.1) is 5.92 Å². The number of hydrogen-bond acceptors (Lipinski definition) is 6. The van der Waals surface area contributed by atoms with Crippen LogP contribution in [0.25, 0.3) is 10.9 Å². The molecule has 0 spiro atoms. The number of aromatic nitrogens is 2. The van der Waals surface area contributed by atoms with Crippen LogP contribution in [0.1, 0.15) is 32.0 Å². The van der Waals surface area contributed by atoms with E-state index in [0.29, 0.717) is 38.3 Å². The predicted octanol–water partition coefficient (Wildman–Crippen LogP) is 2.21. The molecular weight excluding hydrogens is 392 g/mol. The number of likely N-dealkylation sites (tertiary alicyclic amines) is 1. The van der Waals surface area contributed by atoms with Gasteiger partial charge in [-0.1, -0.05) is 12.1 Å². The van der Waals surface area contributed by atoms with Crippen LogP contribution in [0.3, 0.4) is 0 Å². The molecule has 2 amide bonds. The Morgan fingerprint density at radius 1 is 1.13 bits per heavy atom. The molecular formula is C23H34N6O2. The van der Waals surface area contributed by atoms with Gasteiger partial charge in [0, 0.05) is 44.9 Å². The van der Waals surface area contributed by atoms with Crippen LogP contribution in [-0.4, -0.2) is 83.8 Å². The van der Waals surface area contributed by atoms with Crippen molar-refractivity contribution >= 4 is 28.5 Å². The number of nitrogens with zero attached hydrogens (tertiary/aromatic N) is 5. The van der Waals surface area contributed by atoms with Crippen LogP contribution < -0.4 is 5.32 Å². The first-order valence-corrected chi connectivity index (χ1v) is 11.0. The number of hydrogen-bond donors (Lipinski definition) is 1. The van der Waals surface area contributed by atoms with Crippen molar-refractivity contribution in [3.63, 3.8) is 0 Å². The first-order chi connectivity index (χ1) is 14.8. The summed E-state index contributed by atoms with van der Waals surface area (Å²) in [5.74, 6) is 1.57. The van der Waals surface area contributed by atoms with Crippen molar-refractivity contribution < 1.29 is 9.59 Å². The summed E-state index contributed by atoms with van der Waals surface area (Å²) in [6, 6.07) is 7.95. The third-order valence-electron chi connectivity index (χ3n) is 5.77. The van der Waals surface area contributed by atoms with E-state index >= 15 is 0 Å². The molecule has 1 aromatic heterocycles. The maximum atomic E-state index is 12.9. The van der Waals surface area contributed by atoms with Crippen LogP contribution >= 0.6 is 0 Å². The quantitative estimate of drug-likeness (QED) is 0.652. The molecule has 0 aliphatic carbocycles. The monoisotopic (exact) mass is 426 g/mol. The van der Waals surface area contributed by atoms with Gasteiger partial charge in [-0.3, -0.25) is 9.59 Å². The molecule has 1 aliphatic rings. The number of benzene rings is 1. The van der Waals surface area contributed by atoms with Crippen molar-refractivity contribution in [3.05, 3.63) is 30.1 Å². The molecule has 1 saturated heterocycles. The summed E-state index contributed by atoms with van der Waals surface area (Å²) in [6.45, 7) is 5.06. The fourth-order valence-corrected chi connectivity index (χ4v) is 3.98. The number of para-hydroxylation sites is 1. The Labute approximate surface area is 184 Å². The van der Waals surface area contributed by atoms with Gasteiger partial charge in [0.2, 0.25) is 11.8 Å². The fraction of sp³-hybridized carbons (Fsp3) is 0.565. The molecule has 31 heavy (non-hydrogen) atoms. The molecule has 168 valence electrons. The van der Waals surface area contributed by atoms with Gasteiger partial charge in [-0.25, -0.2) is 9.97 Å². The van der Waals surface area contributed by atoms with Gasteiger partial charge >= 0.3 is 0 Å². The molecule has 0 radical (unpaired) electrons. The van der Waals surface area contributed by atoms with Gasteiger partial charge in [0.05, 0.1) is 12.1 Å². The van der Waals surface area contributed by atoms with E-state index in [4.69, 9.17) is 4.98 Å². The van der Waals surface area contributed by atoms with E-state index < -0.39 is 0 Å². The van der Waals surface area contributed by atoms with Gasteiger partial charge in [-0.05, 0) is 52.0 Å². The maximum Gasteiger partial charge on any atom is 0.225 e. The molecule has 0 unspecified atom stereocenters. The van der Waals surface area contributed by atoms with E-state index in [1.165, 1.54) is 0 Å². The van der Waals surface area contributed by atoms with Gasteiger partial charge in [0.25, 0.3) is 0 Å². The number of carbonyl (C=O) groups excluding carboxylic acids is 2. The van der Waals surface area contributed by atoms with Crippen LogP contribution in [0.15, 0.2) is 24.3 Å². The number of amides is 2. The highest BCUT2D eigenvalue weighted by molar-refractivity contribution is 5.89. The first-order valence-electron chi connectivity index (χ1n) is 11.0. The third kappa shape index (κ3) is 6.13. The topological polar surface area (TPSA) is 81.7 Å². The molecule has 8 heteroatoms. The van der Waals surface area contributed by atoms with Crippen LogP contribution in [0.4, 0.5) is 5.82 Å². The van der Waals surface area contributed by atoms with Crippen molar-refractivity contribution in [1.29, 1.82) is 0 Å². The van der Waals surface area contributed by atoms with Crippen LogP contribution in [-0.2, 0) is 16.1 Å². The minimum atomic E-state index is -0.0512. The number of fused-ring (bicyclic) bond motifs is 1. The molecule has 0 bridgehead atoms. The smallest absolute Gasteiger partial charge is 0.225 e. The van der Waals surface area contributed by atoms with Crippen molar-refractivity contribution in [2.24, 2.45) is 5.92 Å². The largest absolute Gasteiger partial charge is 0.369 e. The zero-order valence-electron chi connectivity index (χ0n) is 19.1. The zero-order valence-corrected chi connectivity index (χ0v) is 19.1. The van der Waals surface area contributed by atoms with E-state index in [9.17, 15) is 9.59 Å². The Morgan fingerprint density at radius 3 is 2.52 bits per heavy atom. The van der Waals surface area contributed by atoms with Gasteiger partial charge in [0.15, 0.2) is 5.82 Å². The Kier molecular flexibility index (Phi) is 7.79. The Bertz CT molecular complexity index is 908. The first kappa shape index (κ1) is 22.9. The summed E-state index contributed by atoms with van der Waals surface area (Å²) in [4.78, 5) is 39.6. The molecule has 1 aliphatic heterocycles.